The molecule has 1 N–H and O–H groups in total. The summed E-state index contributed by atoms with van der Waals surface area (Å²) in [7, 11) is 1.75. The first-order valence-corrected chi connectivity index (χ1v) is 7.94. The number of anilines is 1. The van der Waals surface area contributed by atoms with Gasteiger partial charge >= 0.3 is 0 Å². The molecule has 114 valence electrons. The number of hydrogen-bond donors (Lipinski definition) is 1. The van der Waals surface area contributed by atoms with Gasteiger partial charge in [-0.2, -0.15) is 0 Å². The van der Waals surface area contributed by atoms with E-state index in [4.69, 9.17) is 4.74 Å². The van der Waals surface area contributed by atoms with Crippen molar-refractivity contribution in [3.8, 4) is 0 Å². The van der Waals surface area contributed by atoms with E-state index in [9.17, 15) is 0 Å². The van der Waals surface area contributed by atoms with Crippen LogP contribution >= 0.6 is 15.9 Å². The summed E-state index contributed by atoms with van der Waals surface area (Å²) in [5.41, 5.74) is 2.71. The third-order valence-electron chi connectivity index (χ3n) is 3.14. The lowest BCUT2D eigenvalue weighted by Gasteiger charge is -2.27. The van der Waals surface area contributed by atoms with Gasteiger partial charge in [-0.1, -0.05) is 15.9 Å². The molecule has 0 radical (unpaired) electrons. The fourth-order valence-corrected chi connectivity index (χ4v) is 2.42. The Balaban J connectivity index is 2.93. The van der Waals surface area contributed by atoms with Crippen molar-refractivity contribution in [1.29, 1.82) is 0 Å². The largest absolute Gasteiger partial charge is 0.383 e. The summed E-state index contributed by atoms with van der Waals surface area (Å²) in [4.78, 5) is 2.36. The molecule has 0 heterocycles. The Bertz CT molecular complexity index is 415. The minimum atomic E-state index is 0.114. The number of benzene rings is 1. The minimum Gasteiger partial charge on any atom is -0.383 e. The predicted octanol–water partition coefficient (Wildman–Crippen LogP) is 3.81. The molecule has 0 atom stereocenters. The Morgan fingerprint density at radius 1 is 1.30 bits per heavy atom. The van der Waals surface area contributed by atoms with Crippen molar-refractivity contribution < 1.29 is 4.74 Å². The maximum absolute atomic E-state index is 5.21. The first-order chi connectivity index (χ1) is 9.37. The second-order valence-electron chi connectivity index (χ2n) is 5.95. The van der Waals surface area contributed by atoms with Crippen LogP contribution in [0.2, 0.25) is 0 Å². The molecule has 1 aromatic rings. The van der Waals surface area contributed by atoms with Crippen molar-refractivity contribution in [1.82, 2.24) is 5.32 Å². The monoisotopic (exact) mass is 342 g/mol. The van der Waals surface area contributed by atoms with Crippen molar-refractivity contribution >= 4 is 21.6 Å². The summed E-state index contributed by atoms with van der Waals surface area (Å²) in [6.07, 6.45) is 0. The van der Waals surface area contributed by atoms with Gasteiger partial charge in [-0.05, 0) is 51.5 Å². The highest BCUT2D eigenvalue weighted by molar-refractivity contribution is 9.10. The van der Waals surface area contributed by atoms with Gasteiger partial charge in [0.15, 0.2) is 0 Å². The van der Waals surface area contributed by atoms with Gasteiger partial charge in [0.2, 0.25) is 0 Å². The Hall–Kier alpha value is -0.580. The van der Waals surface area contributed by atoms with Crippen LogP contribution in [-0.4, -0.2) is 32.3 Å². The topological polar surface area (TPSA) is 24.5 Å². The maximum Gasteiger partial charge on any atom is 0.0637 e. The standard InChI is InChI=1S/C16H27BrN2O/c1-6-19(9-10-20-5)15-8-7-14(17)11-13(15)12-18-16(2,3)4/h7-8,11,18H,6,9-10,12H2,1-5H3. The van der Waals surface area contributed by atoms with E-state index in [1.807, 2.05) is 0 Å². The van der Waals surface area contributed by atoms with E-state index >= 15 is 0 Å². The van der Waals surface area contributed by atoms with Gasteiger partial charge < -0.3 is 15.0 Å². The molecule has 20 heavy (non-hydrogen) atoms. The molecule has 0 amide bonds. The van der Waals surface area contributed by atoms with E-state index in [0.717, 1.165) is 30.7 Å². The third kappa shape index (κ3) is 5.81. The van der Waals surface area contributed by atoms with Crippen molar-refractivity contribution in [2.24, 2.45) is 0 Å². The van der Waals surface area contributed by atoms with Gasteiger partial charge in [0.25, 0.3) is 0 Å². The third-order valence-corrected chi connectivity index (χ3v) is 3.63. The number of nitrogens with one attached hydrogen (secondary N) is 1. The highest BCUT2D eigenvalue weighted by atomic mass is 79.9. The van der Waals surface area contributed by atoms with Crippen molar-refractivity contribution in [3.05, 3.63) is 28.2 Å². The molecule has 0 aliphatic carbocycles. The van der Waals surface area contributed by atoms with Gasteiger partial charge in [0.1, 0.15) is 0 Å². The molecular formula is C16H27BrN2O. The summed E-state index contributed by atoms with van der Waals surface area (Å²) in [6.45, 7) is 12.2. The predicted molar refractivity (Wildman–Crippen MR) is 90.5 cm³/mol. The number of ether oxygens (including phenoxy) is 1. The van der Waals surface area contributed by atoms with Crippen molar-refractivity contribution in [3.63, 3.8) is 0 Å². The number of methoxy groups -OCH3 is 1. The number of halogens is 1. The smallest absolute Gasteiger partial charge is 0.0637 e. The van der Waals surface area contributed by atoms with Gasteiger partial charge in [0.05, 0.1) is 6.61 Å². The van der Waals surface area contributed by atoms with Crippen LogP contribution in [0.3, 0.4) is 0 Å². The highest BCUT2D eigenvalue weighted by Gasteiger charge is 2.13. The number of nitrogens with zero attached hydrogens (tertiary/aromatic N) is 1. The van der Waals surface area contributed by atoms with Crippen LogP contribution in [0.1, 0.15) is 33.3 Å². The lowest BCUT2D eigenvalue weighted by molar-refractivity contribution is 0.205. The van der Waals surface area contributed by atoms with Crippen LogP contribution in [0.4, 0.5) is 5.69 Å². The zero-order valence-corrected chi connectivity index (χ0v) is 14.9. The number of likely N-dealkylation sites (N-methyl/N-ethyl adjacent to an activating group) is 1. The highest BCUT2D eigenvalue weighted by Crippen LogP contribution is 2.25. The molecule has 1 aromatic carbocycles. The summed E-state index contributed by atoms with van der Waals surface area (Å²) in [6, 6.07) is 6.48. The summed E-state index contributed by atoms with van der Waals surface area (Å²) in [5.74, 6) is 0. The normalized spacial score (nSPS) is 11.7. The van der Waals surface area contributed by atoms with E-state index in [1.165, 1.54) is 11.3 Å². The molecule has 1 rings (SSSR count). The fraction of sp³-hybridized carbons (Fsp3) is 0.625. The molecule has 0 fully saturated rings. The van der Waals surface area contributed by atoms with Gasteiger partial charge in [0, 0.05) is 42.4 Å². The first kappa shape index (κ1) is 17.5. The van der Waals surface area contributed by atoms with Gasteiger partial charge in [-0.15, -0.1) is 0 Å². The van der Waals surface area contributed by atoms with Gasteiger partial charge in [-0.25, -0.2) is 0 Å². The zero-order valence-electron chi connectivity index (χ0n) is 13.3. The number of hydrogen-bond acceptors (Lipinski definition) is 3. The van der Waals surface area contributed by atoms with Crippen LogP contribution in [0.25, 0.3) is 0 Å². The van der Waals surface area contributed by atoms with Crippen LogP contribution in [0.5, 0.6) is 0 Å². The summed E-state index contributed by atoms with van der Waals surface area (Å²) < 4.78 is 6.33. The van der Waals surface area contributed by atoms with E-state index in [1.54, 1.807) is 7.11 Å². The Kier molecular flexibility index (Phi) is 7.00. The average Bonchev–Trinajstić information content (AvgIpc) is 2.38. The zero-order chi connectivity index (χ0) is 15.2. The van der Waals surface area contributed by atoms with E-state index in [2.05, 4.69) is 72.0 Å². The quantitative estimate of drug-likeness (QED) is 0.815. The Morgan fingerprint density at radius 2 is 2.00 bits per heavy atom. The average molecular weight is 343 g/mol. The summed E-state index contributed by atoms with van der Waals surface area (Å²) in [5, 5.41) is 3.56. The molecule has 0 saturated heterocycles. The summed E-state index contributed by atoms with van der Waals surface area (Å²) >= 11 is 3.57. The van der Waals surface area contributed by atoms with E-state index < -0.39 is 0 Å². The molecule has 0 saturated carbocycles. The Morgan fingerprint density at radius 3 is 2.55 bits per heavy atom. The SMILES string of the molecule is CCN(CCOC)c1ccc(Br)cc1CNC(C)(C)C. The molecule has 3 nitrogen and oxygen atoms in total. The maximum atomic E-state index is 5.21. The molecule has 0 spiro atoms. The van der Waals surface area contributed by atoms with Crippen LogP contribution in [0.15, 0.2) is 22.7 Å². The van der Waals surface area contributed by atoms with Crippen LogP contribution < -0.4 is 10.2 Å². The van der Waals surface area contributed by atoms with Crippen LogP contribution in [-0.2, 0) is 11.3 Å². The van der Waals surface area contributed by atoms with E-state index in [-0.39, 0.29) is 5.54 Å². The fourth-order valence-electron chi connectivity index (χ4n) is 2.01. The second-order valence-corrected chi connectivity index (χ2v) is 6.86. The molecule has 0 unspecified atom stereocenters. The molecular weight excluding hydrogens is 316 g/mol. The number of rotatable bonds is 7. The lowest BCUT2D eigenvalue weighted by atomic mass is 10.1. The second kappa shape index (κ2) is 8.01. The molecule has 0 aliphatic rings. The first-order valence-electron chi connectivity index (χ1n) is 7.14. The molecule has 0 aromatic heterocycles. The molecule has 4 heteroatoms. The minimum absolute atomic E-state index is 0.114. The molecule has 0 aliphatic heterocycles. The lowest BCUT2D eigenvalue weighted by Crippen LogP contribution is -2.36. The van der Waals surface area contributed by atoms with Crippen molar-refractivity contribution in [2.75, 3.05) is 31.7 Å². The van der Waals surface area contributed by atoms with Crippen LogP contribution in [0, 0.1) is 0 Å². The van der Waals surface area contributed by atoms with Crippen molar-refractivity contribution in [2.45, 2.75) is 39.8 Å². The van der Waals surface area contributed by atoms with E-state index in [0.29, 0.717) is 0 Å². The van der Waals surface area contributed by atoms with Gasteiger partial charge in [-0.3, -0.25) is 0 Å². The molecule has 0 bridgehead atoms. The Labute approximate surface area is 131 Å².